The number of carbonyl (C=O) groups excluding carboxylic acids is 1. The van der Waals surface area contributed by atoms with Crippen LogP contribution < -0.4 is 10.1 Å². The molecule has 1 saturated heterocycles. The van der Waals surface area contributed by atoms with E-state index in [0.717, 1.165) is 48.5 Å². The van der Waals surface area contributed by atoms with Crippen LogP contribution in [-0.2, 0) is 6.42 Å². The minimum absolute atomic E-state index is 0.160. The van der Waals surface area contributed by atoms with Gasteiger partial charge in [-0.05, 0) is 50.2 Å². The summed E-state index contributed by atoms with van der Waals surface area (Å²) in [7, 11) is 0. The molecular formula is C23H24N2O2. The lowest BCUT2D eigenvalue weighted by Gasteiger charge is -2.46. The highest BCUT2D eigenvalue weighted by atomic mass is 16.5. The lowest BCUT2D eigenvalue weighted by atomic mass is 9.71. The van der Waals surface area contributed by atoms with Crippen molar-refractivity contribution >= 4 is 16.7 Å². The summed E-state index contributed by atoms with van der Waals surface area (Å²) in [5.74, 6) is 0.812. The minimum Gasteiger partial charge on any atom is -0.486 e. The molecule has 0 amide bonds. The summed E-state index contributed by atoms with van der Waals surface area (Å²) in [6.45, 7) is 3.88. The molecule has 0 saturated carbocycles. The molecule has 3 aromatic rings. The highest BCUT2D eigenvalue weighted by Gasteiger charge is 2.50. The van der Waals surface area contributed by atoms with Gasteiger partial charge in [-0.25, -0.2) is 0 Å². The molecule has 0 bridgehead atoms. The fourth-order valence-corrected chi connectivity index (χ4v) is 4.86. The van der Waals surface area contributed by atoms with E-state index in [1.807, 2.05) is 30.3 Å². The van der Waals surface area contributed by atoms with Crippen LogP contribution in [0.1, 0.15) is 34.5 Å². The molecule has 3 heterocycles. The van der Waals surface area contributed by atoms with Crippen LogP contribution in [0.15, 0.2) is 48.5 Å². The second kappa shape index (κ2) is 6.24. The summed E-state index contributed by atoms with van der Waals surface area (Å²) in [5.41, 5.74) is 3.83. The number of piperidine rings is 1. The van der Waals surface area contributed by atoms with Crippen molar-refractivity contribution < 1.29 is 9.53 Å². The zero-order chi connectivity index (χ0) is 18.4. The molecule has 0 radical (unpaired) electrons. The first kappa shape index (κ1) is 16.6. The number of carbonyl (C=O) groups is 1. The molecule has 0 aliphatic carbocycles. The Morgan fingerprint density at radius 3 is 2.67 bits per heavy atom. The Morgan fingerprint density at radius 2 is 1.81 bits per heavy atom. The number of aryl methyl sites for hydroxylation is 1. The van der Waals surface area contributed by atoms with Gasteiger partial charge in [0.25, 0.3) is 0 Å². The smallest absolute Gasteiger partial charge is 0.174 e. The van der Waals surface area contributed by atoms with E-state index in [-0.39, 0.29) is 11.7 Å². The van der Waals surface area contributed by atoms with E-state index in [4.69, 9.17) is 4.74 Å². The van der Waals surface area contributed by atoms with E-state index in [1.54, 1.807) is 0 Å². The monoisotopic (exact) mass is 360 g/mol. The van der Waals surface area contributed by atoms with Gasteiger partial charge in [0, 0.05) is 29.4 Å². The number of para-hydroxylation sites is 2. The minimum atomic E-state index is -0.415. The van der Waals surface area contributed by atoms with Gasteiger partial charge < -0.3 is 15.0 Å². The topological polar surface area (TPSA) is 54.1 Å². The lowest BCUT2D eigenvalue weighted by Crippen LogP contribution is -2.56. The van der Waals surface area contributed by atoms with Crippen molar-refractivity contribution in [2.75, 3.05) is 13.1 Å². The summed E-state index contributed by atoms with van der Waals surface area (Å²) >= 11 is 0. The fourth-order valence-electron chi connectivity index (χ4n) is 4.86. The summed E-state index contributed by atoms with van der Waals surface area (Å²) in [5, 5.41) is 4.63. The number of aromatic amines is 1. The molecule has 2 aromatic carbocycles. The van der Waals surface area contributed by atoms with E-state index in [2.05, 4.69) is 35.4 Å². The SMILES string of the molecule is Cc1[nH]c2ccccc2c1CC1C(=O)c2ccccc2OC12CCNCC2. The van der Waals surface area contributed by atoms with Gasteiger partial charge in [-0.15, -0.1) is 0 Å². The lowest BCUT2D eigenvalue weighted by molar-refractivity contribution is -0.0207. The molecule has 2 aliphatic heterocycles. The van der Waals surface area contributed by atoms with Crippen LogP contribution in [0.5, 0.6) is 5.75 Å². The molecule has 1 atom stereocenters. The molecule has 2 N–H and O–H groups in total. The highest BCUT2D eigenvalue weighted by molar-refractivity contribution is 6.02. The van der Waals surface area contributed by atoms with Crippen LogP contribution >= 0.6 is 0 Å². The van der Waals surface area contributed by atoms with E-state index in [0.29, 0.717) is 6.42 Å². The molecular weight excluding hydrogens is 336 g/mol. The molecule has 1 unspecified atom stereocenters. The summed E-state index contributed by atoms with van der Waals surface area (Å²) in [4.78, 5) is 17.0. The van der Waals surface area contributed by atoms with Crippen molar-refractivity contribution in [2.45, 2.75) is 31.8 Å². The van der Waals surface area contributed by atoms with Gasteiger partial charge in [0.1, 0.15) is 11.4 Å². The van der Waals surface area contributed by atoms with E-state index < -0.39 is 5.60 Å². The fraction of sp³-hybridized carbons (Fsp3) is 0.348. The molecule has 1 aromatic heterocycles. The Bertz CT molecular complexity index is 1010. The summed E-state index contributed by atoms with van der Waals surface area (Å²) in [6.07, 6.45) is 2.43. The number of nitrogens with one attached hydrogen (secondary N) is 2. The Morgan fingerprint density at radius 1 is 1.07 bits per heavy atom. The third-order valence-electron chi connectivity index (χ3n) is 6.30. The van der Waals surface area contributed by atoms with Crippen molar-refractivity contribution in [3.63, 3.8) is 0 Å². The van der Waals surface area contributed by atoms with Crippen LogP contribution in [0.3, 0.4) is 0 Å². The number of benzene rings is 2. The zero-order valence-corrected chi connectivity index (χ0v) is 15.5. The van der Waals surface area contributed by atoms with Gasteiger partial charge in [-0.3, -0.25) is 4.79 Å². The Kier molecular flexibility index (Phi) is 3.83. The molecule has 2 aliphatic rings. The normalized spacial score (nSPS) is 21.2. The molecule has 1 fully saturated rings. The van der Waals surface area contributed by atoms with Gasteiger partial charge in [-0.2, -0.15) is 0 Å². The van der Waals surface area contributed by atoms with Crippen LogP contribution in [0.4, 0.5) is 0 Å². The molecule has 27 heavy (non-hydrogen) atoms. The van der Waals surface area contributed by atoms with Crippen molar-refractivity contribution in [1.29, 1.82) is 0 Å². The van der Waals surface area contributed by atoms with Crippen LogP contribution in [0.2, 0.25) is 0 Å². The first-order valence-corrected chi connectivity index (χ1v) is 9.77. The third-order valence-corrected chi connectivity index (χ3v) is 6.30. The van der Waals surface area contributed by atoms with E-state index in [1.165, 1.54) is 10.9 Å². The Hall–Kier alpha value is -2.59. The number of ether oxygens (including phenoxy) is 1. The Labute approximate surface area is 158 Å². The maximum Gasteiger partial charge on any atom is 0.174 e. The number of hydrogen-bond acceptors (Lipinski definition) is 3. The van der Waals surface area contributed by atoms with Gasteiger partial charge in [0.05, 0.1) is 11.5 Å². The largest absolute Gasteiger partial charge is 0.486 e. The van der Waals surface area contributed by atoms with Gasteiger partial charge in [0.2, 0.25) is 0 Å². The van der Waals surface area contributed by atoms with Crippen molar-refractivity contribution in [3.8, 4) is 5.75 Å². The zero-order valence-electron chi connectivity index (χ0n) is 15.5. The second-order valence-corrected chi connectivity index (χ2v) is 7.81. The first-order chi connectivity index (χ1) is 13.2. The highest BCUT2D eigenvalue weighted by Crippen LogP contribution is 2.44. The molecule has 4 nitrogen and oxygen atoms in total. The third kappa shape index (κ3) is 2.59. The first-order valence-electron chi connectivity index (χ1n) is 9.77. The van der Waals surface area contributed by atoms with Crippen LogP contribution in [0, 0.1) is 12.8 Å². The van der Waals surface area contributed by atoms with Gasteiger partial charge in [-0.1, -0.05) is 30.3 Å². The molecule has 4 heteroatoms. The quantitative estimate of drug-likeness (QED) is 0.725. The second-order valence-electron chi connectivity index (χ2n) is 7.81. The average molecular weight is 360 g/mol. The standard InChI is InChI=1S/C23H24N2O2/c1-15-18(16-6-2-4-8-20(16)25-15)14-19-22(26)17-7-3-5-9-21(17)27-23(19)10-12-24-13-11-23/h2-9,19,24-25H,10-14H2,1H3. The maximum atomic E-state index is 13.6. The molecule has 138 valence electrons. The maximum absolute atomic E-state index is 13.6. The summed E-state index contributed by atoms with van der Waals surface area (Å²) < 4.78 is 6.57. The van der Waals surface area contributed by atoms with Crippen molar-refractivity contribution in [3.05, 3.63) is 65.4 Å². The van der Waals surface area contributed by atoms with Crippen LogP contribution in [-0.4, -0.2) is 29.5 Å². The number of H-pyrrole nitrogens is 1. The number of fused-ring (bicyclic) bond motifs is 2. The van der Waals surface area contributed by atoms with Crippen molar-refractivity contribution in [2.24, 2.45) is 5.92 Å². The van der Waals surface area contributed by atoms with Crippen molar-refractivity contribution in [1.82, 2.24) is 10.3 Å². The van der Waals surface area contributed by atoms with E-state index in [9.17, 15) is 4.79 Å². The number of Topliss-reactive ketones (excluding diaryl/α,β-unsaturated/α-hetero) is 1. The van der Waals surface area contributed by atoms with Gasteiger partial charge >= 0.3 is 0 Å². The number of rotatable bonds is 2. The van der Waals surface area contributed by atoms with E-state index >= 15 is 0 Å². The number of hydrogen-bond donors (Lipinski definition) is 2. The van der Waals surface area contributed by atoms with Crippen LogP contribution in [0.25, 0.3) is 10.9 Å². The predicted octanol–water partition coefficient (Wildman–Crippen LogP) is 4.03. The Balaban J connectivity index is 1.61. The number of aromatic nitrogens is 1. The average Bonchev–Trinajstić information content (AvgIpc) is 3.01. The number of ketones is 1. The molecule has 1 spiro atoms. The van der Waals surface area contributed by atoms with Gasteiger partial charge in [0.15, 0.2) is 5.78 Å². The predicted molar refractivity (Wildman–Crippen MR) is 106 cm³/mol. The summed E-state index contributed by atoms with van der Waals surface area (Å²) in [6, 6.07) is 16.1. The molecule has 5 rings (SSSR count).